The van der Waals surface area contributed by atoms with Gasteiger partial charge in [-0.25, -0.2) is 13.2 Å². The maximum Gasteiger partial charge on any atom is 0.412 e. The normalized spacial score (nSPS) is 17.1. The molecule has 0 radical (unpaired) electrons. The Labute approximate surface area is 131 Å². The van der Waals surface area contributed by atoms with Gasteiger partial charge in [0.05, 0.1) is 5.69 Å². The Bertz CT molecular complexity index is 829. The van der Waals surface area contributed by atoms with E-state index in [0.29, 0.717) is 16.9 Å². The van der Waals surface area contributed by atoms with E-state index in [9.17, 15) is 13.2 Å². The maximum absolute atomic E-state index is 12.2. The number of amides is 1. The smallest absolute Gasteiger partial charge is 0.412 e. The van der Waals surface area contributed by atoms with Gasteiger partial charge in [-0.15, -0.1) is 11.3 Å². The van der Waals surface area contributed by atoms with Gasteiger partial charge in [0.2, 0.25) is 0 Å². The minimum absolute atomic E-state index is 0.232. The Balaban J connectivity index is 1.94. The molecule has 0 spiro atoms. The van der Waals surface area contributed by atoms with E-state index in [2.05, 4.69) is 16.6 Å². The van der Waals surface area contributed by atoms with Crippen molar-refractivity contribution in [3.63, 3.8) is 0 Å². The number of carbonyl (C=O) groups excluding carboxylic acids is 1. The number of benzene rings is 1. The summed E-state index contributed by atoms with van der Waals surface area (Å²) in [7, 11) is -3.62. The van der Waals surface area contributed by atoms with Crippen molar-refractivity contribution in [1.29, 1.82) is 0 Å². The monoisotopic (exact) mass is 336 g/mol. The number of sulfonamides is 1. The van der Waals surface area contributed by atoms with E-state index in [4.69, 9.17) is 4.74 Å². The molecule has 0 fully saturated rings. The number of carbonyl (C=O) groups is 1. The summed E-state index contributed by atoms with van der Waals surface area (Å²) in [6.07, 6.45) is 0.300. The third-order valence-corrected chi connectivity index (χ3v) is 5.83. The topological polar surface area (TPSA) is 84.5 Å². The summed E-state index contributed by atoms with van der Waals surface area (Å²) in [6, 6.07) is 8.02. The Morgan fingerprint density at radius 3 is 2.86 bits per heavy atom. The number of rotatable bonds is 4. The highest BCUT2D eigenvalue weighted by molar-refractivity contribution is 7.94. The molecule has 1 atom stereocenters. The van der Waals surface area contributed by atoms with Crippen LogP contribution >= 0.6 is 11.3 Å². The minimum atomic E-state index is -3.62. The molecule has 1 aromatic carbocycles. The molecule has 114 valence electrons. The average Bonchev–Trinajstić information content (AvgIpc) is 3.01. The summed E-state index contributed by atoms with van der Waals surface area (Å²) in [5.41, 5.74) is 1.60. The predicted molar refractivity (Wildman–Crippen MR) is 84.6 cm³/mol. The highest BCUT2D eigenvalue weighted by Crippen LogP contribution is 2.34. The first-order chi connectivity index (χ1) is 10.5. The van der Waals surface area contributed by atoms with Gasteiger partial charge < -0.3 is 4.74 Å². The summed E-state index contributed by atoms with van der Waals surface area (Å²) in [4.78, 5) is 11.4. The zero-order valence-electron chi connectivity index (χ0n) is 11.3. The van der Waals surface area contributed by atoms with Crippen molar-refractivity contribution >= 4 is 38.8 Å². The van der Waals surface area contributed by atoms with Crippen molar-refractivity contribution in [3.05, 3.63) is 53.9 Å². The molecular weight excluding hydrogens is 324 g/mol. The van der Waals surface area contributed by atoms with Crippen molar-refractivity contribution in [2.45, 2.75) is 10.3 Å². The quantitative estimate of drug-likeness (QED) is 0.839. The van der Waals surface area contributed by atoms with Gasteiger partial charge in [-0.1, -0.05) is 12.6 Å². The van der Waals surface area contributed by atoms with Gasteiger partial charge in [-0.05, 0) is 35.7 Å². The van der Waals surface area contributed by atoms with Gasteiger partial charge >= 0.3 is 6.09 Å². The van der Waals surface area contributed by atoms with Gasteiger partial charge in [0, 0.05) is 11.3 Å². The van der Waals surface area contributed by atoms with Crippen LogP contribution in [-0.2, 0) is 14.8 Å². The molecule has 3 rings (SSSR count). The molecule has 1 aromatic heterocycles. The van der Waals surface area contributed by atoms with E-state index in [-0.39, 0.29) is 4.21 Å². The molecule has 2 heterocycles. The Morgan fingerprint density at radius 1 is 1.36 bits per heavy atom. The molecule has 2 aromatic rings. The molecule has 22 heavy (non-hydrogen) atoms. The molecule has 1 amide bonds. The number of hydrogen-bond donors (Lipinski definition) is 2. The first-order valence-corrected chi connectivity index (χ1v) is 8.66. The molecule has 8 heteroatoms. The van der Waals surface area contributed by atoms with Crippen LogP contribution in [0.1, 0.15) is 11.7 Å². The van der Waals surface area contributed by atoms with Crippen LogP contribution in [0.5, 0.6) is 0 Å². The van der Waals surface area contributed by atoms with E-state index in [1.54, 1.807) is 29.6 Å². The van der Waals surface area contributed by atoms with Crippen LogP contribution in [0, 0.1) is 0 Å². The summed E-state index contributed by atoms with van der Waals surface area (Å²) >= 11 is 1.13. The average molecular weight is 336 g/mol. The SMILES string of the molecule is C=CC1OC(=O)Nc2ccc(NS(=O)(=O)c3cccs3)cc21. The number of nitrogens with one attached hydrogen (secondary N) is 2. The molecule has 1 aliphatic rings. The largest absolute Gasteiger partial charge is 0.437 e. The van der Waals surface area contributed by atoms with Crippen LogP contribution in [0.25, 0.3) is 0 Å². The minimum Gasteiger partial charge on any atom is -0.437 e. The van der Waals surface area contributed by atoms with Crippen molar-refractivity contribution in [2.24, 2.45) is 0 Å². The Hall–Kier alpha value is -2.32. The molecule has 1 aliphatic heterocycles. The molecule has 0 saturated carbocycles. The number of anilines is 2. The Morgan fingerprint density at radius 2 is 2.18 bits per heavy atom. The van der Waals surface area contributed by atoms with Gasteiger partial charge in [0.15, 0.2) is 0 Å². The van der Waals surface area contributed by atoms with Crippen LogP contribution in [0.3, 0.4) is 0 Å². The lowest BCUT2D eigenvalue weighted by Crippen LogP contribution is -2.23. The number of hydrogen-bond acceptors (Lipinski definition) is 5. The molecule has 2 N–H and O–H groups in total. The van der Waals surface area contributed by atoms with Crippen molar-refractivity contribution in [1.82, 2.24) is 0 Å². The standard InChI is InChI=1S/C14H12N2O4S2/c1-2-12-10-8-9(5-6-11(10)15-14(17)20-12)16-22(18,19)13-4-3-7-21-13/h2-8,12,16H,1H2,(H,15,17). The second-order valence-electron chi connectivity index (χ2n) is 4.53. The molecule has 0 bridgehead atoms. The highest BCUT2D eigenvalue weighted by atomic mass is 32.2. The zero-order valence-corrected chi connectivity index (χ0v) is 12.9. The van der Waals surface area contributed by atoms with Crippen LogP contribution in [0.2, 0.25) is 0 Å². The van der Waals surface area contributed by atoms with E-state index in [1.165, 1.54) is 12.1 Å². The van der Waals surface area contributed by atoms with Gasteiger partial charge in [-0.3, -0.25) is 10.0 Å². The lowest BCUT2D eigenvalue weighted by atomic mass is 10.0. The number of fused-ring (bicyclic) bond motifs is 1. The molecule has 0 aliphatic carbocycles. The zero-order chi connectivity index (χ0) is 15.7. The number of thiophene rings is 1. The van der Waals surface area contributed by atoms with Gasteiger partial charge in [0.1, 0.15) is 10.3 Å². The second-order valence-corrected chi connectivity index (χ2v) is 7.38. The predicted octanol–water partition coefficient (Wildman–Crippen LogP) is 3.34. The summed E-state index contributed by atoms with van der Waals surface area (Å²) in [5, 5.41) is 4.25. The van der Waals surface area contributed by atoms with E-state index in [0.717, 1.165) is 11.3 Å². The summed E-state index contributed by atoms with van der Waals surface area (Å²) < 4.78 is 32.2. The summed E-state index contributed by atoms with van der Waals surface area (Å²) in [6.45, 7) is 3.62. The van der Waals surface area contributed by atoms with E-state index < -0.39 is 22.2 Å². The fraction of sp³-hybridized carbons (Fsp3) is 0.0714. The Kier molecular flexibility index (Phi) is 3.63. The van der Waals surface area contributed by atoms with Crippen LogP contribution in [-0.4, -0.2) is 14.5 Å². The fourth-order valence-corrected chi connectivity index (χ4v) is 4.13. The van der Waals surface area contributed by atoms with Crippen molar-refractivity contribution < 1.29 is 17.9 Å². The lowest BCUT2D eigenvalue weighted by molar-refractivity contribution is 0.130. The van der Waals surface area contributed by atoms with E-state index in [1.807, 2.05) is 0 Å². The van der Waals surface area contributed by atoms with Crippen LogP contribution < -0.4 is 10.0 Å². The molecule has 0 saturated heterocycles. The van der Waals surface area contributed by atoms with Crippen molar-refractivity contribution in [3.8, 4) is 0 Å². The fourth-order valence-electron chi connectivity index (χ4n) is 2.09. The van der Waals surface area contributed by atoms with Gasteiger partial charge in [0.25, 0.3) is 10.0 Å². The molecule has 1 unspecified atom stereocenters. The highest BCUT2D eigenvalue weighted by Gasteiger charge is 2.25. The number of ether oxygens (including phenoxy) is 1. The third kappa shape index (κ3) is 2.70. The lowest BCUT2D eigenvalue weighted by Gasteiger charge is -2.24. The van der Waals surface area contributed by atoms with Crippen molar-refractivity contribution in [2.75, 3.05) is 10.0 Å². The molecular formula is C14H12N2O4S2. The summed E-state index contributed by atoms with van der Waals surface area (Å²) in [5.74, 6) is 0. The number of cyclic esters (lactones) is 1. The first-order valence-electron chi connectivity index (χ1n) is 6.30. The second kappa shape index (κ2) is 5.47. The molecule has 6 nitrogen and oxygen atoms in total. The van der Waals surface area contributed by atoms with Crippen LogP contribution in [0.4, 0.5) is 16.2 Å². The van der Waals surface area contributed by atoms with Gasteiger partial charge in [-0.2, -0.15) is 0 Å². The third-order valence-electron chi connectivity index (χ3n) is 3.06. The van der Waals surface area contributed by atoms with Crippen LogP contribution in [0.15, 0.2) is 52.6 Å². The first kappa shape index (κ1) is 14.6. The maximum atomic E-state index is 12.2. The van der Waals surface area contributed by atoms with E-state index >= 15 is 0 Å².